The van der Waals surface area contributed by atoms with E-state index < -0.39 is 20.0 Å². The summed E-state index contributed by atoms with van der Waals surface area (Å²) in [6.45, 7) is 3.96. The van der Waals surface area contributed by atoms with Gasteiger partial charge in [0.25, 0.3) is 0 Å². The smallest absolute Gasteiger partial charge is 0.232 e. The zero-order chi connectivity index (χ0) is 17.5. The largest absolute Gasteiger partial charge is 0.492 e. The minimum atomic E-state index is -3.57. The molecular weight excluding hydrogens is 340 g/mol. The number of nitrogens with zero attached hydrogens (tertiary/aromatic N) is 1. The van der Waals surface area contributed by atoms with Gasteiger partial charge < -0.3 is 4.74 Å². The van der Waals surface area contributed by atoms with E-state index in [2.05, 4.69) is 4.72 Å². The molecule has 23 heavy (non-hydrogen) atoms. The number of sulfonamides is 2. The summed E-state index contributed by atoms with van der Waals surface area (Å²) in [6, 6.07) is 6.76. The lowest BCUT2D eigenvalue weighted by Crippen LogP contribution is -2.39. The predicted molar refractivity (Wildman–Crippen MR) is 91.9 cm³/mol. The van der Waals surface area contributed by atoms with Gasteiger partial charge in [0, 0.05) is 13.1 Å². The van der Waals surface area contributed by atoms with Crippen molar-refractivity contribution in [2.75, 3.05) is 36.0 Å². The highest BCUT2D eigenvalue weighted by Gasteiger charge is 2.21. The molecule has 1 aromatic carbocycles. The SMILES string of the molecule is CCCS(=O)(=O)NCCN(c1ccccc1OCC)S(C)(=O)=O. The number of para-hydroxylation sites is 2. The number of nitrogens with one attached hydrogen (secondary N) is 1. The summed E-state index contributed by atoms with van der Waals surface area (Å²) in [5.74, 6) is 0.457. The number of hydrogen-bond acceptors (Lipinski definition) is 5. The molecule has 0 amide bonds. The topological polar surface area (TPSA) is 92.8 Å². The van der Waals surface area contributed by atoms with Crippen molar-refractivity contribution in [1.29, 1.82) is 0 Å². The highest BCUT2D eigenvalue weighted by atomic mass is 32.2. The van der Waals surface area contributed by atoms with Crippen LogP contribution in [0, 0.1) is 0 Å². The molecule has 0 aliphatic rings. The van der Waals surface area contributed by atoms with Crippen LogP contribution in [0.2, 0.25) is 0 Å². The molecule has 0 radical (unpaired) electrons. The monoisotopic (exact) mass is 364 g/mol. The molecule has 0 unspecified atom stereocenters. The van der Waals surface area contributed by atoms with Crippen LogP contribution in [0.3, 0.4) is 0 Å². The molecule has 0 saturated carbocycles. The molecule has 0 heterocycles. The summed E-state index contributed by atoms with van der Waals surface area (Å²) in [6.07, 6.45) is 1.58. The number of ether oxygens (including phenoxy) is 1. The average molecular weight is 364 g/mol. The molecule has 0 saturated heterocycles. The lowest BCUT2D eigenvalue weighted by molar-refractivity contribution is 0.341. The van der Waals surface area contributed by atoms with Crippen molar-refractivity contribution in [1.82, 2.24) is 4.72 Å². The number of benzene rings is 1. The summed E-state index contributed by atoms with van der Waals surface area (Å²) < 4.78 is 56.5. The molecule has 0 atom stereocenters. The molecule has 7 nitrogen and oxygen atoms in total. The van der Waals surface area contributed by atoms with Crippen molar-refractivity contribution in [2.24, 2.45) is 0 Å². The van der Waals surface area contributed by atoms with Crippen LogP contribution in [-0.2, 0) is 20.0 Å². The van der Waals surface area contributed by atoms with Gasteiger partial charge in [0.1, 0.15) is 5.75 Å². The molecule has 0 aliphatic heterocycles. The van der Waals surface area contributed by atoms with Crippen LogP contribution in [0.15, 0.2) is 24.3 Å². The van der Waals surface area contributed by atoms with E-state index in [1.165, 1.54) is 0 Å². The van der Waals surface area contributed by atoms with Gasteiger partial charge in [-0.1, -0.05) is 19.1 Å². The lowest BCUT2D eigenvalue weighted by atomic mass is 10.3. The van der Waals surface area contributed by atoms with E-state index in [-0.39, 0.29) is 18.8 Å². The van der Waals surface area contributed by atoms with Crippen LogP contribution in [0.5, 0.6) is 5.75 Å². The van der Waals surface area contributed by atoms with Gasteiger partial charge in [0.2, 0.25) is 20.0 Å². The van der Waals surface area contributed by atoms with Crippen LogP contribution in [-0.4, -0.2) is 48.5 Å². The van der Waals surface area contributed by atoms with Crippen LogP contribution >= 0.6 is 0 Å². The van der Waals surface area contributed by atoms with Crippen molar-refractivity contribution in [3.63, 3.8) is 0 Å². The van der Waals surface area contributed by atoms with E-state index in [0.29, 0.717) is 24.5 Å². The van der Waals surface area contributed by atoms with Crippen molar-refractivity contribution in [3.05, 3.63) is 24.3 Å². The Balaban J connectivity index is 2.96. The third kappa shape index (κ3) is 6.36. The second-order valence-corrected chi connectivity index (χ2v) is 8.78. The van der Waals surface area contributed by atoms with Gasteiger partial charge in [-0.05, 0) is 25.5 Å². The van der Waals surface area contributed by atoms with Gasteiger partial charge in [-0.3, -0.25) is 4.31 Å². The molecule has 1 N–H and O–H groups in total. The van der Waals surface area contributed by atoms with E-state index in [4.69, 9.17) is 4.74 Å². The Kier molecular flexibility index (Phi) is 7.30. The summed E-state index contributed by atoms with van der Waals surface area (Å²) in [5, 5.41) is 0. The molecule has 0 aromatic heterocycles. The highest BCUT2D eigenvalue weighted by Crippen LogP contribution is 2.29. The van der Waals surface area contributed by atoms with Crippen LogP contribution in [0.25, 0.3) is 0 Å². The third-order valence-corrected chi connectivity index (χ3v) is 5.71. The molecule has 132 valence electrons. The Morgan fingerprint density at radius 2 is 1.78 bits per heavy atom. The second kappa shape index (κ2) is 8.51. The van der Waals surface area contributed by atoms with E-state index in [9.17, 15) is 16.8 Å². The molecule has 0 fully saturated rings. The number of rotatable bonds is 10. The van der Waals surface area contributed by atoms with Gasteiger partial charge in [-0.25, -0.2) is 21.6 Å². The highest BCUT2D eigenvalue weighted by molar-refractivity contribution is 7.92. The first-order valence-electron chi connectivity index (χ1n) is 7.38. The Labute approximate surface area is 138 Å². The van der Waals surface area contributed by atoms with Gasteiger partial charge in [-0.2, -0.15) is 0 Å². The quantitative estimate of drug-likeness (QED) is 0.673. The minimum absolute atomic E-state index is 0.00410. The first-order valence-corrected chi connectivity index (χ1v) is 10.9. The zero-order valence-corrected chi connectivity index (χ0v) is 15.3. The van der Waals surface area contributed by atoms with Crippen molar-refractivity contribution >= 4 is 25.7 Å². The number of anilines is 1. The molecule has 0 aliphatic carbocycles. The Morgan fingerprint density at radius 3 is 2.35 bits per heavy atom. The van der Waals surface area contributed by atoms with E-state index in [1.807, 2.05) is 0 Å². The predicted octanol–water partition coefficient (Wildman–Crippen LogP) is 1.18. The fourth-order valence-electron chi connectivity index (χ4n) is 2.05. The summed E-state index contributed by atoms with van der Waals surface area (Å²) in [5.41, 5.74) is 0.395. The standard InChI is InChI=1S/C14H24N2O5S2/c1-4-12-23(19,20)15-10-11-16(22(3,17)18)13-8-6-7-9-14(13)21-5-2/h6-9,15H,4-5,10-12H2,1-3H3. The maximum atomic E-state index is 12.1. The first kappa shape index (κ1) is 19.7. The van der Waals surface area contributed by atoms with Crippen molar-refractivity contribution in [3.8, 4) is 5.75 Å². The second-order valence-electron chi connectivity index (χ2n) is 4.95. The first-order chi connectivity index (χ1) is 10.7. The maximum absolute atomic E-state index is 12.1. The molecule has 1 rings (SSSR count). The molecule has 0 bridgehead atoms. The van der Waals surface area contributed by atoms with Crippen molar-refractivity contribution in [2.45, 2.75) is 20.3 Å². The molecule has 0 spiro atoms. The van der Waals surface area contributed by atoms with Gasteiger partial charge in [-0.15, -0.1) is 0 Å². The zero-order valence-electron chi connectivity index (χ0n) is 13.6. The Bertz CT molecular complexity index is 702. The normalized spacial score (nSPS) is 12.1. The average Bonchev–Trinajstić information content (AvgIpc) is 2.43. The molecular formula is C14H24N2O5S2. The lowest BCUT2D eigenvalue weighted by Gasteiger charge is -2.24. The van der Waals surface area contributed by atoms with Gasteiger partial charge in [0.15, 0.2) is 0 Å². The Hall–Kier alpha value is -1.32. The van der Waals surface area contributed by atoms with E-state index in [1.54, 1.807) is 38.1 Å². The van der Waals surface area contributed by atoms with Crippen molar-refractivity contribution < 1.29 is 21.6 Å². The minimum Gasteiger partial charge on any atom is -0.492 e. The van der Waals surface area contributed by atoms with Gasteiger partial charge in [0.05, 0.1) is 24.3 Å². The van der Waals surface area contributed by atoms with Gasteiger partial charge >= 0.3 is 0 Å². The van der Waals surface area contributed by atoms with Crippen LogP contribution < -0.4 is 13.8 Å². The van der Waals surface area contributed by atoms with Crippen LogP contribution in [0.4, 0.5) is 5.69 Å². The summed E-state index contributed by atoms with van der Waals surface area (Å²) >= 11 is 0. The Morgan fingerprint density at radius 1 is 1.13 bits per heavy atom. The fraction of sp³-hybridized carbons (Fsp3) is 0.571. The maximum Gasteiger partial charge on any atom is 0.232 e. The van der Waals surface area contributed by atoms with E-state index in [0.717, 1.165) is 10.6 Å². The molecule has 9 heteroatoms. The fourth-order valence-corrected chi connectivity index (χ4v) is 4.06. The van der Waals surface area contributed by atoms with E-state index >= 15 is 0 Å². The molecule has 1 aromatic rings. The summed E-state index contributed by atoms with van der Waals surface area (Å²) in [7, 11) is -6.95. The summed E-state index contributed by atoms with van der Waals surface area (Å²) in [4.78, 5) is 0. The number of hydrogen-bond donors (Lipinski definition) is 1. The van der Waals surface area contributed by atoms with Crippen LogP contribution in [0.1, 0.15) is 20.3 Å². The third-order valence-electron chi connectivity index (χ3n) is 2.94.